The first kappa shape index (κ1) is 14.2. The molecule has 15 heavy (non-hydrogen) atoms. The fourth-order valence-corrected chi connectivity index (χ4v) is 1.27. The number of ether oxygens (including phenoxy) is 1. The quantitative estimate of drug-likeness (QED) is 0.832. The van der Waals surface area contributed by atoms with Crippen LogP contribution in [0, 0.1) is 5.82 Å². The van der Waals surface area contributed by atoms with Crippen molar-refractivity contribution >= 4 is 12.4 Å². The molecule has 1 aromatic carbocycles. The van der Waals surface area contributed by atoms with Crippen molar-refractivity contribution in [2.45, 2.75) is 12.5 Å². The van der Waals surface area contributed by atoms with Crippen LogP contribution in [0.15, 0.2) is 18.2 Å². The Bertz CT molecular complexity index is 309. The van der Waals surface area contributed by atoms with E-state index in [4.69, 9.17) is 16.2 Å². The predicted molar refractivity (Wildman–Crippen MR) is 60.8 cm³/mol. The van der Waals surface area contributed by atoms with E-state index in [0.717, 1.165) is 0 Å². The second kappa shape index (κ2) is 6.61. The van der Waals surface area contributed by atoms with Crippen molar-refractivity contribution in [3.63, 3.8) is 0 Å². The average Bonchev–Trinajstić information content (AvgIpc) is 2.17. The van der Waals surface area contributed by atoms with Gasteiger partial charge in [0.05, 0.1) is 7.11 Å². The third kappa shape index (κ3) is 3.66. The molecule has 3 nitrogen and oxygen atoms in total. The Morgan fingerprint density at radius 1 is 1.47 bits per heavy atom. The maximum Gasteiger partial charge on any atom is 0.131 e. The van der Waals surface area contributed by atoms with Gasteiger partial charge in [0.25, 0.3) is 0 Å². The van der Waals surface area contributed by atoms with E-state index in [9.17, 15) is 4.39 Å². The summed E-state index contributed by atoms with van der Waals surface area (Å²) < 4.78 is 18.3. The number of hydrogen-bond acceptors (Lipinski definition) is 3. The Hall–Kier alpha value is -0.840. The predicted octanol–water partition coefficient (Wildman–Crippen LogP) is 1.60. The molecule has 0 spiro atoms. The number of rotatable bonds is 4. The number of methoxy groups -OCH3 is 1. The molecule has 5 heteroatoms. The lowest BCUT2D eigenvalue weighted by Gasteiger charge is -2.12. The largest absolute Gasteiger partial charge is 0.497 e. The van der Waals surface area contributed by atoms with Crippen LogP contribution in [0.3, 0.4) is 0 Å². The molecule has 0 bridgehead atoms. The molecule has 0 aliphatic carbocycles. The highest BCUT2D eigenvalue weighted by Crippen LogP contribution is 2.21. The normalized spacial score (nSPS) is 11.7. The molecule has 0 fully saturated rings. The van der Waals surface area contributed by atoms with Gasteiger partial charge < -0.3 is 16.2 Å². The highest BCUT2D eigenvalue weighted by atomic mass is 35.5. The van der Waals surface area contributed by atoms with Crippen molar-refractivity contribution in [1.29, 1.82) is 0 Å². The third-order valence-electron chi connectivity index (χ3n) is 2.08. The zero-order chi connectivity index (χ0) is 10.6. The summed E-state index contributed by atoms with van der Waals surface area (Å²) in [7, 11) is 1.49. The summed E-state index contributed by atoms with van der Waals surface area (Å²) in [5.41, 5.74) is 11.6. The van der Waals surface area contributed by atoms with E-state index in [-0.39, 0.29) is 24.3 Å². The number of benzene rings is 1. The summed E-state index contributed by atoms with van der Waals surface area (Å²) in [4.78, 5) is 0. The van der Waals surface area contributed by atoms with Crippen LogP contribution < -0.4 is 16.2 Å². The summed E-state index contributed by atoms with van der Waals surface area (Å²) in [5, 5.41) is 0. The van der Waals surface area contributed by atoms with Crippen LogP contribution in [0.2, 0.25) is 0 Å². The van der Waals surface area contributed by atoms with Crippen LogP contribution >= 0.6 is 12.4 Å². The first-order valence-electron chi connectivity index (χ1n) is 4.48. The maximum atomic E-state index is 13.4. The Balaban J connectivity index is 0.00000196. The topological polar surface area (TPSA) is 61.3 Å². The van der Waals surface area contributed by atoms with E-state index in [1.54, 1.807) is 12.1 Å². The van der Waals surface area contributed by atoms with Gasteiger partial charge in [-0.05, 0) is 19.0 Å². The summed E-state index contributed by atoms with van der Waals surface area (Å²) in [5.74, 6) is 0.150. The van der Waals surface area contributed by atoms with Crippen LogP contribution in [0.4, 0.5) is 4.39 Å². The van der Waals surface area contributed by atoms with Crippen LogP contribution in [0.25, 0.3) is 0 Å². The molecule has 4 N–H and O–H groups in total. The second-order valence-corrected chi connectivity index (χ2v) is 3.07. The van der Waals surface area contributed by atoms with Crippen LogP contribution in [-0.4, -0.2) is 13.7 Å². The van der Waals surface area contributed by atoms with Gasteiger partial charge in [0.2, 0.25) is 0 Å². The maximum absolute atomic E-state index is 13.4. The number of nitrogens with two attached hydrogens (primary N) is 2. The molecule has 0 aliphatic rings. The van der Waals surface area contributed by atoms with Gasteiger partial charge in [0.1, 0.15) is 11.6 Å². The highest BCUT2D eigenvalue weighted by molar-refractivity contribution is 5.85. The molecule has 1 rings (SSSR count). The molecule has 0 aromatic heterocycles. The van der Waals surface area contributed by atoms with Gasteiger partial charge in [-0.2, -0.15) is 0 Å². The Morgan fingerprint density at radius 2 is 2.13 bits per heavy atom. The van der Waals surface area contributed by atoms with Crippen LogP contribution in [0.5, 0.6) is 5.75 Å². The molecule has 0 aliphatic heterocycles. The summed E-state index contributed by atoms with van der Waals surface area (Å²) >= 11 is 0. The first-order chi connectivity index (χ1) is 6.69. The zero-order valence-electron chi connectivity index (χ0n) is 8.57. The minimum Gasteiger partial charge on any atom is -0.497 e. The van der Waals surface area contributed by atoms with E-state index in [0.29, 0.717) is 24.3 Å². The third-order valence-corrected chi connectivity index (χ3v) is 2.08. The van der Waals surface area contributed by atoms with Gasteiger partial charge >= 0.3 is 0 Å². The molecule has 0 saturated heterocycles. The van der Waals surface area contributed by atoms with E-state index >= 15 is 0 Å². The molecule has 0 radical (unpaired) electrons. The second-order valence-electron chi connectivity index (χ2n) is 3.07. The van der Waals surface area contributed by atoms with Crippen LogP contribution in [0.1, 0.15) is 18.0 Å². The first-order valence-corrected chi connectivity index (χ1v) is 4.48. The molecule has 86 valence electrons. The lowest BCUT2D eigenvalue weighted by molar-refractivity contribution is 0.410. The van der Waals surface area contributed by atoms with Crippen molar-refractivity contribution < 1.29 is 9.13 Å². The van der Waals surface area contributed by atoms with Crippen molar-refractivity contribution in [2.75, 3.05) is 13.7 Å². The molecule has 0 heterocycles. The standard InChI is InChI=1S/C10H15FN2O.ClH/c1-14-7-2-3-8(9(11)6-7)10(13)4-5-12;/h2-3,6,10H,4-5,12-13H2,1H3;1H/t10-;/m1./s1. The monoisotopic (exact) mass is 234 g/mol. The molecule has 0 unspecified atom stereocenters. The average molecular weight is 235 g/mol. The van der Waals surface area contributed by atoms with E-state index in [1.165, 1.54) is 13.2 Å². The van der Waals surface area contributed by atoms with E-state index < -0.39 is 0 Å². The molecular weight excluding hydrogens is 219 g/mol. The number of hydrogen-bond donors (Lipinski definition) is 2. The minimum absolute atomic E-state index is 0. The Kier molecular flexibility index (Phi) is 6.24. The van der Waals surface area contributed by atoms with Gasteiger partial charge in [-0.3, -0.25) is 0 Å². The molecular formula is C10H16ClFN2O. The minimum atomic E-state index is -0.342. The van der Waals surface area contributed by atoms with Gasteiger partial charge in [-0.25, -0.2) is 4.39 Å². The lowest BCUT2D eigenvalue weighted by Crippen LogP contribution is -2.16. The lowest BCUT2D eigenvalue weighted by atomic mass is 10.0. The van der Waals surface area contributed by atoms with E-state index in [2.05, 4.69) is 0 Å². The summed E-state index contributed by atoms with van der Waals surface area (Å²) in [6.45, 7) is 0.451. The van der Waals surface area contributed by atoms with Crippen molar-refractivity contribution in [3.05, 3.63) is 29.6 Å². The van der Waals surface area contributed by atoms with Gasteiger partial charge in [-0.15, -0.1) is 12.4 Å². The number of halogens is 2. The Labute approximate surface area is 95.0 Å². The van der Waals surface area contributed by atoms with E-state index in [1.807, 2.05) is 0 Å². The van der Waals surface area contributed by atoms with Gasteiger partial charge in [-0.1, -0.05) is 6.07 Å². The Morgan fingerprint density at radius 3 is 2.60 bits per heavy atom. The van der Waals surface area contributed by atoms with Crippen molar-refractivity contribution in [2.24, 2.45) is 11.5 Å². The molecule has 1 aromatic rings. The smallest absolute Gasteiger partial charge is 0.131 e. The molecule has 1 atom stereocenters. The summed E-state index contributed by atoms with van der Waals surface area (Å²) in [6, 6.07) is 4.31. The molecule has 0 saturated carbocycles. The van der Waals surface area contributed by atoms with Gasteiger partial charge in [0, 0.05) is 17.7 Å². The van der Waals surface area contributed by atoms with Crippen molar-refractivity contribution in [3.8, 4) is 5.75 Å². The highest BCUT2D eigenvalue weighted by Gasteiger charge is 2.11. The van der Waals surface area contributed by atoms with Gasteiger partial charge in [0.15, 0.2) is 0 Å². The summed E-state index contributed by atoms with van der Waals surface area (Å²) in [6.07, 6.45) is 0.573. The van der Waals surface area contributed by atoms with Crippen LogP contribution in [-0.2, 0) is 0 Å². The SMILES string of the molecule is COc1ccc([C@H](N)CCN)c(F)c1.Cl. The zero-order valence-corrected chi connectivity index (χ0v) is 9.39. The van der Waals surface area contributed by atoms with Crippen molar-refractivity contribution in [1.82, 2.24) is 0 Å². The fourth-order valence-electron chi connectivity index (χ4n) is 1.27. The molecule has 0 amide bonds. The fraction of sp³-hybridized carbons (Fsp3) is 0.400.